The van der Waals surface area contributed by atoms with Crippen molar-refractivity contribution in [2.45, 2.75) is 65.5 Å². The summed E-state index contributed by atoms with van der Waals surface area (Å²) in [6.45, 7) is 9.00. The predicted molar refractivity (Wildman–Crippen MR) is 87.6 cm³/mol. The van der Waals surface area contributed by atoms with Crippen molar-refractivity contribution in [1.29, 1.82) is 0 Å². The second-order valence-electron chi connectivity index (χ2n) is 6.43. The van der Waals surface area contributed by atoms with E-state index in [0.29, 0.717) is 12.1 Å². The summed E-state index contributed by atoms with van der Waals surface area (Å²) in [6, 6.07) is 4.87. The first-order valence-corrected chi connectivity index (χ1v) is 8.08. The molecule has 1 aromatic rings. The molecule has 0 atom stereocenters. The molecule has 3 heteroatoms. The van der Waals surface area contributed by atoms with Gasteiger partial charge < -0.3 is 10.6 Å². The summed E-state index contributed by atoms with van der Waals surface area (Å²) in [7, 11) is 0. The molecule has 0 radical (unpaired) electrons. The topological polar surface area (TPSA) is 46.3 Å². The molecule has 2 N–H and O–H groups in total. The Morgan fingerprint density at radius 1 is 1.14 bits per heavy atom. The lowest BCUT2D eigenvalue weighted by Crippen LogP contribution is -2.44. The predicted octanol–water partition coefficient (Wildman–Crippen LogP) is 3.34. The normalized spacial score (nSPS) is 22.1. The minimum absolute atomic E-state index is 0.188. The van der Waals surface area contributed by atoms with E-state index in [4.69, 9.17) is 5.73 Å². The van der Waals surface area contributed by atoms with Crippen molar-refractivity contribution in [3.05, 3.63) is 34.4 Å². The number of hydrogen-bond donors (Lipinski definition) is 1. The molecule has 0 spiro atoms. The molecule has 0 saturated heterocycles. The maximum Gasteiger partial charge on any atom is 0.254 e. The number of carbonyl (C=O) groups excluding carboxylic acids is 1. The molecule has 21 heavy (non-hydrogen) atoms. The van der Waals surface area contributed by atoms with Gasteiger partial charge in [-0.15, -0.1) is 0 Å². The molecule has 1 aliphatic carbocycles. The maximum absolute atomic E-state index is 13.0. The molecule has 1 saturated carbocycles. The van der Waals surface area contributed by atoms with Crippen molar-refractivity contribution in [3.63, 3.8) is 0 Å². The molecule has 0 bridgehead atoms. The number of aryl methyl sites for hydroxylation is 3. The minimum Gasteiger partial charge on any atom is -0.336 e. The fourth-order valence-electron chi connectivity index (χ4n) is 3.64. The SMILES string of the molecule is CCN(C(=O)c1c(C)cc(C)cc1C)C1CCC(N)CC1. The van der Waals surface area contributed by atoms with Crippen molar-refractivity contribution in [3.8, 4) is 0 Å². The fraction of sp³-hybridized carbons (Fsp3) is 0.611. The van der Waals surface area contributed by atoms with E-state index >= 15 is 0 Å². The molecule has 116 valence electrons. The second-order valence-corrected chi connectivity index (χ2v) is 6.43. The first-order chi connectivity index (χ1) is 9.93. The van der Waals surface area contributed by atoms with Crippen molar-refractivity contribution in [2.24, 2.45) is 5.73 Å². The summed E-state index contributed by atoms with van der Waals surface area (Å²) in [6.07, 6.45) is 4.12. The van der Waals surface area contributed by atoms with E-state index < -0.39 is 0 Å². The number of nitrogens with two attached hydrogens (primary N) is 1. The summed E-state index contributed by atoms with van der Waals surface area (Å²) in [5.41, 5.74) is 10.3. The van der Waals surface area contributed by atoms with Gasteiger partial charge in [-0.2, -0.15) is 0 Å². The smallest absolute Gasteiger partial charge is 0.254 e. The first kappa shape index (κ1) is 16.0. The van der Waals surface area contributed by atoms with E-state index in [1.54, 1.807) is 0 Å². The highest BCUT2D eigenvalue weighted by Gasteiger charge is 2.28. The van der Waals surface area contributed by atoms with Gasteiger partial charge >= 0.3 is 0 Å². The summed E-state index contributed by atoms with van der Waals surface area (Å²) < 4.78 is 0. The van der Waals surface area contributed by atoms with Crippen LogP contribution in [-0.4, -0.2) is 29.4 Å². The first-order valence-electron chi connectivity index (χ1n) is 8.08. The van der Waals surface area contributed by atoms with Gasteiger partial charge in [0.05, 0.1) is 0 Å². The van der Waals surface area contributed by atoms with E-state index in [0.717, 1.165) is 48.9 Å². The Kier molecular flexibility index (Phi) is 5.04. The zero-order valence-corrected chi connectivity index (χ0v) is 13.8. The molecule has 0 aromatic heterocycles. The highest BCUT2D eigenvalue weighted by molar-refractivity contribution is 5.97. The van der Waals surface area contributed by atoms with E-state index in [2.05, 4.69) is 30.9 Å². The Bertz CT molecular complexity index is 493. The van der Waals surface area contributed by atoms with Gasteiger partial charge in [0, 0.05) is 24.2 Å². The van der Waals surface area contributed by atoms with Crippen molar-refractivity contribution < 1.29 is 4.79 Å². The number of nitrogens with zero attached hydrogens (tertiary/aromatic N) is 1. The molecular formula is C18H28N2O. The summed E-state index contributed by atoms with van der Waals surface area (Å²) >= 11 is 0. The Labute approximate surface area is 128 Å². The average molecular weight is 288 g/mol. The molecule has 1 fully saturated rings. The largest absolute Gasteiger partial charge is 0.336 e. The maximum atomic E-state index is 13.0. The summed E-state index contributed by atoms with van der Waals surface area (Å²) in [5.74, 6) is 0.188. The van der Waals surface area contributed by atoms with E-state index in [9.17, 15) is 4.79 Å². The lowest BCUT2D eigenvalue weighted by Gasteiger charge is -2.36. The van der Waals surface area contributed by atoms with Crippen LogP contribution in [0.4, 0.5) is 0 Å². The van der Waals surface area contributed by atoms with Gasteiger partial charge in [-0.05, 0) is 64.5 Å². The van der Waals surface area contributed by atoms with Crippen LogP contribution in [-0.2, 0) is 0 Å². The third-order valence-corrected chi connectivity index (χ3v) is 4.67. The van der Waals surface area contributed by atoms with Gasteiger partial charge in [-0.1, -0.05) is 17.7 Å². The van der Waals surface area contributed by atoms with E-state index in [-0.39, 0.29) is 5.91 Å². The minimum atomic E-state index is 0.188. The van der Waals surface area contributed by atoms with Crippen molar-refractivity contribution >= 4 is 5.91 Å². The molecule has 0 aliphatic heterocycles. The van der Waals surface area contributed by atoms with Crippen LogP contribution in [0.15, 0.2) is 12.1 Å². The molecular weight excluding hydrogens is 260 g/mol. The van der Waals surface area contributed by atoms with Crippen LogP contribution in [0.25, 0.3) is 0 Å². The van der Waals surface area contributed by atoms with Gasteiger partial charge in [0.25, 0.3) is 5.91 Å². The lowest BCUT2D eigenvalue weighted by molar-refractivity contribution is 0.0639. The molecule has 2 rings (SSSR count). The van der Waals surface area contributed by atoms with E-state index in [1.807, 2.05) is 13.8 Å². The third kappa shape index (κ3) is 3.46. The molecule has 1 amide bonds. The van der Waals surface area contributed by atoms with Crippen LogP contribution in [0.5, 0.6) is 0 Å². The van der Waals surface area contributed by atoms with Gasteiger partial charge in [0.1, 0.15) is 0 Å². The van der Waals surface area contributed by atoms with Crippen LogP contribution < -0.4 is 5.73 Å². The Hall–Kier alpha value is -1.35. The standard InChI is InChI=1S/C18H28N2O/c1-5-20(16-8-6-15(19)7-9-16)18(21)17-13(3)10-12(2)11-14(17)4/h10-11,15-16H,5-9,19H2,1-4H3. The average Bonchev–Trinajstić information content (AvgIpc) is 2.40. The second kappa shape index (κ2) is 6.61. The van der Waals surface area contributed by atoms with Gasteiger partial charge in [0.15, 0.2) is 0 Å². The lowest BCUT2D eigenvalue weighted by atomic mass is 9.89. The fourth-order valence-corrected chi connectivity index (χ4v) is 3.64. The quantitative estimate of drug-likeness (QED) is 0.927. The third-order valence-electron chi connectivity index (χ3n) is 4.67. The van der Waals surface area contributed by atoms with Crippen LogP contribution >= 0.6 is 0 Å². The van der Waals surface area contributed by atoms with Crippen LogP contribution in [0, 0.1) is 20.8 Å². The number of carbonyl (C=O) groups is 1. The van der Waals surface area contributed by atoms with Crippen LogP contribution in [0.1, 0.15) is 59.7 Å². The monoisotopic (exact) mass is 288 g/mol. The Balaban J connectivity index is 2.25. The molecule has 0 unspecified atom stereocenters. The summed E-state index contributed by atoms with van der Waals surface area (Å²) in [4.78, 5) is 15.1. The Morgan fingerprint density at radius 3 is 2.14 bits per heavy atom. The van der Waals surface area contributed by atoms with Gasteiger partial charge in [-0.3, -0.25) is 4.79 Å². The molecule has 0 heterocycles. The highest BCUT2D eigenvalue weighted by atomic mass is 16.2. The highest BCUT2D eigenvalue weighted by Crippen LogP contribution is 2.25. The molecule has 3 nitrogen and oxygen atoms in total. The summed E-state index contributed by atoms with van der Waals surface area (Å²) in [5, 5.41) is 0. The van der Waals surface area contributed by atoms with Crippen LogP contribution in [0.3, 0.4) is 0 Å². The number of rotatable bonds is 3. The molecule has 1 aromatic carbocycles. The number of benzene rings is 1. The number of amides is 1. The zero-order valence-electron chi connectivity index (χ0n) is 13.8. The van der Waals surface area contributed by atoms with Crippen molar-refractivity contribution in [1.82, 2.24) is 4.90 Å². The molecule has 1 aliphatic rings. The Morgan fingerprint density at radius 2 is 1.67 bits per heavy atom. The van der Waals surface area contributed by atoms with Gasteiger partial charge in [0.2, 0.25) is 0 Å². The van der Waals surface area contributed by atoms with Crippen molar-refractivity contribution in [2.75, 3.05) is 6.54 Å². The van der Waals surface area contributed by atoms with Gasteiger partial charge in [-0.25, -0.2) is 0 Å². The van der Waals surface area contributed by atoms with E-state index in [1.165, 1.54) is 5.56 Å². The van der Waals surface area contributed by atoms with Crippen LogP contribution in [0.2, 0.25) is 0 Å². The number of hydrogen-bond acceptors (Lipinski definition) is 2. The zero-order chi connectivity index (χ0) is 15.6.